The second-order valence-corrected chi connectivity index (χ2v) is 10.4. The van der Waals surface area contributed by atoms with Gasteiger partial charge in [0.15, 0.2) is 17.6 Å². The Kier molecular flexibility index (Phi) is 4.50. The van der Waals surface area contributed by atoms with Gasteiger partial charge in [0.2, 0.25) is 5.79 Å². The number of ether oxygens (including phenoxy) is 4. The van der Waals surface area contributed by atoms with Gasteiger partial charge < -0.3 is 24.1 Å². The molecule has 6 heteroatoms. The van der Waals surface area contributed by atoms with Crippen LogP contribution in [0, 0.1) is 0 Å². The molecular formula is C28H31NO5. The van der Waals surface area contributed by atoms with Crippen LogP contribution in [-0.2, 0) is 27.9 Å². The lowest BCUT2D eigenvalue weighted by Gasteiger charge is -2.65. The van der Waals surface area contributed by atoms with E-state index in [4.69, 9.17) is 18.9 Å². The molecule has 1 N–H and O–H groups in total. The molecule has 4 atom stereocenters. The zero-order valence-electron chi connectivity index (χ0n) is 19.4. The molecular weight excluding hydrogens is 430 g/mol. The second-order valence-electron chi connectivity index (χ2n) is 10.4. The van der Waals surface area contributed by atoms with Crippen molar-refractivity contribution >= 4 is 0 Å². The lowest BCUT2D eigenvalue weighted by atomic mass is 9.48. The van der Waals surface area contributed by atoms with Crippen LogP contribution in [0.2, 0.25) is 0 Å². The topological polar surface area (TPSA) is 60.4 Å². The summed E-state index contributed by atoms with van der Waals surface area (Å²) < 4.78 is 25.7. The number of fused-ring (bicyclic) bond motifs is 1. The number of likely N-dealkylation sites (tertiary alicyclic amines) is 1. The molecule has 6 nitrogen and oxygen atoms in total. The van der Waals surface area contributed by atoms with Crippen molar-refractivity contribution in [1.82, 2.24) is 4.90 Å². The van der Waals surface area contributed by atoms with Crippen LogP contribution in [0.15, 0.2) is 55.1 Å². The van der Waals surface area contributed by atoms with Gasteiger partial charge in [0.05, 0.1) is 24.2 Å². The summed E-state index contributed by atoms with van der Waals surface area (Å²) in [6, 6.07) is 14.4. The second kappa shape index (κ2) is 7.31. The summed E-state index contributed by atoms with van der Waals surface area (Å²) >= 11 is 0. The number of benzene rings is 2. The fraction of sp³-hybridized carbons (Fsp3) is 0.500. The maximum atomic E-state index is 12.5. The summed E-state index contributed by atoms with van der Waals surface area (Å²) in [7, 11) is 0. The summed E-state index contributed by atoms with van der Waals surface area (Å²) in [6.07, 6.45) is 4.37. The number of hydrogen-bond acceptors (Lipinski definition) is 6. The maximum Gasteiger partial charge on any atom is 0.207 e. The maximum absolute atomic E-state index is 12.5. The molecule has 0 unspecified atom stereocenters. The third-order valence-electron chi connectivity index (χ3n) is 8.94. The number of hydrogen-bond donors (Lipinski definition) is 1. The molecule has 1 saturated carbocycles. The van der Waals surface area contributed by atoms with E-state index >= 15 is 0 Å². The van der Waals surface area contributed by atoms with Crippen LogP contribution in [0.5, 0.6) is 11.5 Å². The Morgan fingerprint density at radius 1 is 1.09 bits per heavy atom. The van der Waals surface area contributed by atoms with E-state index in [9.17, 15) is 5.11 Å². The Bertz CT molecular complexity index is 1130. The van der Waals surface area contributed by atoms with E-state index in [-0.39, 0.29) is 6.04 Å². The van der Waals surface area contributed by atoms with Crippen LogP contribution >= 0.6 is 0 Å². The molecule has 2 aromatic carbocycles. The minimum Gasteiger partial charge on any atom is -0.485 e. The van der Waals surface area contributed by atoms with Gasteiger partial charge in [0.1, 0.15) is 6.61 Å². The van der Waals surface area contributed by atoms with Crippen molar-refractivity contribution in [2.75, 3.05) is 26.3 Å². The average molecular weight is 462 g/mol. The Labute approximate surface area is 200 Å². The number of rotatable bonds is 5. The lowest BCUT2D eigenvalue weighted by molar-refractivity contribution is -0.296. The third-order valence-corrected chi connectivity index (χ3v) is 8.94. The van der Waals surface area contributed by atoms with Gasteiger partial charge in [0, 0.05) is 24.6 Å². The molecule has 2 saturated heterocycles. The minimum absolute atomic E-state index is 0.0126. The lowest BCUT2D eigenvalue weighted by Crippen LogP contribution is -2.79. The predicted molar refractivity (Wildman–Crippen MR) is 126 cm³/mol. The van der Waals surface area contributed by atoms with Gasteiger partial charge in [-0.25, -0.2) is 0 Å². The van der Waals surface area contributed by atoms with E-state index in [1.54, 1.807) is 0 Å². The summed E-state index contributed by atoms with van der Waals surface area (Å²) in [5, 5.41) is 12.5. The van der Waals surface area contributed by atoms with Gasteiger partial charge in [-0.3, -0.25) is 4.90 Å². The van der Waals surface area contributed by atoms with E-state index in [1.807, 2.05) is 30.3 Å². The average Bonchev–Trinajstić information content (AvgIpc) is 3.47. The molecule has 5 aliphatic rings. The van der Waals surface area contributed by atoms with Crippen LogP contribution in [0.3, 0.4) is 0 Å². The highest BCUT2D eigenvalue weighted by molar-refractivity contribution is 5.63. The summed E-state index contributed by atoms with van der Waals surface area (Å²) in [4.78, 5) is 2.39. The first-order chi connectivity index (χ1) is 16.6. The van der Waals surface area contributed by atoms with Gasteiger partial charge in [-0.1, -0.05) is 42.5 Å². The Morgan fingerprint density at radius 2 is 1.91 bits per heavy atom. The summed E-state index contributed by atoms with van der Waals surface area (Å²) in [6.45, 7) is 7.19. The Morgan fingerprint density at radius 3 is 2.71 bits per heavy atom. The molecule has 3 heterocycles. The molecule has 178 valence electrons. The fourth-order valence-corrected chi connectivity index (χ4v) is 7.58. The minimum atomic E-state index is -0.921. The highest BCUT2D eigenvalue weighted by atomic mass is 16.8. The molecule has 0 amide bonds. The monoisotopic (exact) mass is 461 g/mol. The first-order valence-electron chi connectivity index (χ1n) is 12.5. The van der Waals surface area contributed by atoms with Crippen molar-refractivity contribution < 1.29 is 24.1 Å². The van der Waals surface area contributed by atoms with Gasteiger partial charge >= 0.3 is 0 Å². The predicted octanol–water partition coefficient (Wildman–Crippen LogP) is 3.35. The van der Waals surface area contributed by atoms with Crippen LogP contribution in [0.1, 0.15) is 36.0 Å². The van der Waals surface area contributed by atoms with E-state index in [1.165, 1.54) is 5.56 Å². The molecule has 3 fully saturated rings. The van der Waals surface area contributed by atoms with Crippen LogP contribution < -0.4 is 9.47 Å². The number of nitrogens with zero attached hydrogens (tertiary/aromatic N) is 1. The van der Waals surface area contributed by atoms with Crippen molar-refractivity contribution in [2.24, 2.45) is 0 Å². The highest BCUT2D eigenvalue weighted by Gasteiger charge is 2.77. The van der Waals surface area contributed by atoms with Crippen LogP contribution in [-0.4, -0.2) is 59.8 Å². The molecule has 2 aliphatic carbocycles. The van der Waals surface area contributed by atoms with Gasteiger partial charge in [0.25, 0.3) is 0 Å². The third kappa shape index (κ3) is 2.55. The smallest absolute Gasteiger partial charge is 0.207 e. The van der Waals surface area contributed by atoms with Gasteiger partial charge in [-0.2, -0.15) is 0 Å². The van der Waals surface area contributed by atoms with Crippen molar-refractivity contribution in [1.29, 1.82) is 0 Å². The zero-order chi connectivity index (χ0) is 23.0. The van der Waals surface area contributed by atoms with Gasteiger partial charge in [-0.05, 0) is 43.0 Å². The summed E-state index contributed by atoms with van der Waals surface area (Å²) in [5.74, 6) is 0.684. The molecule has 2 aromatic rings. The van der Waals surface area contributed by atoms with Crippen molar-refractivity contribution in [2.45, 2.75) is 61.2 Å². The standard InChI is InChI=1S/C28H31NO5/c1-2-13-29-14-12-26-23-20-8-9-21(31-18-19-6-4-3-5-7-19)24(23)34-25(26)28(32-15-16-33-28)11-10-27(26,30)22(29)17-20/h2-9,22,25,30H,1,10-18H2/t22-,25-,26+,27-/m1/s1. The van der Waals surface area contributed by atoms with E-state index in [0.717, 1.165) is 48.6 Å². The molecule has 0 aromatic heterocycles. The molecule has 2 spiro atoms. The van der Waals surface area contributed by atoms with Gasteiger partial charge in [-0.15, -0.1) is 6.58 Å². The van der Waals surface area contributed by atoms with Crippen molar-refractivity contribution in [3.05, 3.63) is 71.8 Å². The Balaban J connectivity index is 1.37. The zero-order valence-corrected chi connectivity index (χ0v) is 19.4. The van der Waals surface area contributed by atoms with Crippen LogP contribution in [0.4, 0.5) is 0 Å². The quantitative estimate of drug-likeness (QED) is 0.690. The first kappa shape index (κ1) is 20.9. The first-order valence-corrected chi connectivity index (χ1v) is 12.5. The SMILES string of the molecule is C=CCN1CC[C@]23c4c5ccc(OCc6ccccc6)c4O[C@H]2C2(CC[C@@]3(O)[C@H]1C5)OCCO2. The highest BCUT2D eigenvalue weighted by Crippen LogP contribution is 2.68. The number of aliphatic hydroxyl groups is 1. The van der Waals surface area contributed by atoms with Crippen LogP contribution in [0.25, 0.3) is 0 Å². The Hall–Kier alpha value is -2.38. The van der Waals surface area contributed by atoms with Crippen molar-refractivity contribution in [3.63, 3.8) is 0 Å². The molecule has 34 heavy (non-hydrogen) atoms. The molecule has 3 aliphatic heterocycles. The normalized spacial score (nSPS) is 34.5. The largest absolute Gasteiger partial charge is 0.485 e. The molecule has 7 rings (SSSR count). The molecule has 0 radical (unpaired) electrons. The van der Waals surface area contributed by atoms with E-state index < -0.39 is 22.9 Å². The van der Waals surface area contributed by atoms with Crippen molar-refractivity contribution in [3.8, 4) is 11.5 Å². The summed E-state index contributed by atoms with van der Waals surface area (Å²) in [5.41, 5.74) is 1.97. The van der Waals surface area contributed by atoms with E-state index in [2.05, 4.69) is 29.7 Å². The van der Waals surface area contributed by atoms with E-state index in [0.29, 0.717) is 32.7 Å². The molecule has 2 bridgehead atoms. The fourth-order valence-electron chi connectivity index (χ4n) is 7.58. The number of piperidine rings is 1.